The number of para-hydroxylation sites is 1. The van der Waals surface area contributed by atoms with E-state index in [1.165, 1.54) is 6.07 Å². The molecule has 0 bridgehead atoms. The van der Waals surface area contributed by atoms with Gasteiger partial charge in [-0.1, -0.05) is 12.1 Å². The summed E-state index contributed by atoms with van der Waals surface area (Å²) in [5, 5.41) is 18.2. The lowest BCUT2D eigenvalue weighted by Crippen LogP contribution is -2.04. The van der Waals surface area contributed by atoms with Crippen molar-refractivity contribution in [3.63, 3.8) is 0 Å². The standard InChI is InChI=1S/C17H12N2O3/c1-2-21-17(20)12-5-4-8-15(9-12)22-16-13(10-18)6-3-7-14(16)11-19/h3-9H,2H2,1H3. The van der Waals surface area contributed by atoms with Crippen molar-refractivity contribution in [1.82, 2.24) is 0 Å². The molecule has 0 N–H and O–H groups in total. The molecule has 0 unspecified atom stereocenters. The van der Waals surface area contributed by atoms with E-state index >= 15 is 0 Å². The maximum Gasteiger partial charge on any atom is 0.338 e. The van der Waals surface area contributed by atoms with Gasteiger partial charge >= 0.3 is 5.97 Å². The van der Waals surface area contributed by atoms with Crippen molar-refractivity contribution in [2.45, 2.75) is 6.92 Å². The van der Waals surface area contributed by atoms with E-state index < -0.39 is 5.97 Å². The minimum atomic E-state index is -0.456. The Kier molecular flexibility index (Phi) is 4.74. The Labute approximate surface area is 127 Å². The zero-order valence-electron chi connectivity index (χ0n) is 11.9. The van der Waals surface area contributed by atoms with E-state index in [0.717, 1.165) is 0 Å². The van der Waals surface area contributed by atoms with Gasteiger partial charge < -0.3 is 9.47 Å². The van der Waals surface area contributed by atoms with Gasteiger partial charge in [0.1, 0.15) is 17.9 Å². The molecule has 0 spiro atoms. The molecule has 0 amide bonds. The molecule has 2 aromatic carbocycles. The number of nitriles is 2. The first-order valence-corrected chi connectivity index (χ1v) is 6.57. The van der Waals surface area contributed by atoms with Crippen LogP contribution in [0.3, 0.4) is 0 Å². The second-order valence-electron chi connectivity index (χ2n) is 4.26. The van der Waals surface area contributed by atoms with E-state index in [1.807, 2.05) is 12.1 Å². The molecule has 2 rings (SSSR count). The van der Waals surface area contributed by atoms with Gasteiger partial charge in [0.25, 0.3) is 0 Å². The number of carbonyl (C=O) groups excluding carboxylic acids is 1. The molecule has 0 saturated carbocycles. The molecular weight excluding hydrogens is 280 g/mol. The molecule has 0 aliphatic carbocycles. The molecule has 0 radical (unpaired) electrons. The first-order valence-electron chi connectivity index (χ1n) is 6.57. The molecule has 108 valence electrons. The lowest BCUT2D eigenvalue weighted by atomic mass is 10.1. The molecule has 0 fully saturated rings. The highest BCUT2D eigenvalue weighted by Crippen LogP contribution is 2.29. The Morgan fingerprint density at radius 3 is 2.32 bits per heavy atom. The molecular formula is C17H12N2O3. The lowest BCUT2D eigenvalue weighted by Gasteiger charge is -2.10. The van der Waals surface area contributed by atoms with Crippen LogP contribution in [0.2, 0.25) is 0 Å². The van der Waals surface area contributed by atoms with Gasteiger partial charge in [-0.25, -0.2) is 4.79 Å². The Morgan fingerprint density at radius 1 is 1.09 bits per heavy atom. The predicted octanol–water partition coefficient (Wildman–Crippen LogP) is 3.40. The SMILES string of the molecule is CCOC(=O)c1cccc(Oc2c(C#N)cccc2C#N)c1. The van der Waals surface area contributed by atoms with Gasteiger partial charge in [0.05, 0.1) is 23.3 Å². The third kappa shape index (κ3) is 3.23. The number of hydrogen-bond donors (Lipinski definition) is 0. The van der Waals surface area contributed by atoms with Crippen LogP contribution in [0.1, 0.15) is 28.4 Å². The van der Waals surface area contributed by atoms with E-state index in [0.29, 0.717) is 11.3 Å². The van der Waals surface area contributed by atoms with Crippen molar-refractivity contribution in [2.24, 2.45) is 0 Å². The molecule has 2 aromatic rings. The van der Waals surface area contributed by atoms with Crippen LogP contribution in [0.5, 0.6) is 11.5 Å². The van der Waals surface area contributed by atoms with Gasteiger partial charge in [-0.15, -0.1) is 0 Å². The van der Waals surface area contributed by atoms with Crippen molar-refractivity contribution < 1.29 is 14.3 Å². The summed E-state index contributed by atoms with van der Waals surface area (Å²) in [6.07, 6.45) is 0. The van der Waals surface area contributed by atoms with E-state index in [1.54, 1.807) is 43.3 Å². The fourth-order valence-corrected chi connectivity index (χ4v) is 1.84. The summed E-state index contributed by atoms with van der Waals surface area (Å²) >= 11 is 0. The van der Waals surface area contributed by atoms with Crippen molar-refractivity contribution in [2.75, 3.05) is 6.61 Å². The average Bonchev–Trinajstić information content (AvgIpc) is 2.55. The molecule has 5 heteroatoms. The molecule has 22 heavy (non-hydrogen) atoms. The Morgan fingerprint density at radius 2 is 1.73 bits per heavy atom. The quantitative estimate of drug-likeness (QED) is 0.806. The molecule has 0 atom stereocenters. The number of esters is 1. The zero-order valence-corrected chi connectivity index (χ0v) is 11.9. The van der Waals surface area contributed by atoms with Crippen molar-refractivity contribution in [3.8, 4) is 23.6 Å². The van der Waals surface area contributed by atoms with Crippen LogP contribution in [0.15, 0.2) is 42.5 Å². The number of benzene rings is 2. The van der Waals surface area contributed by atoms with E-state index in [9.17, 15) is 4.79 Å². The van der Waals surface area contributed by atoms with Gasteiger partial charge in [-0.3, -0.25) is 0 Å². The van der Waals surface area contributed by atoms with Crippen molar-refractivity contribution in [1.29, 1.82) is 10.5 Å². The summed E-state index contributed by atoms with van der Waals surface area (Å²) in [6.45, 7) is 2.00. The van der Waals surface area contributed by atoms with Gasteiger partial charge in [0.15, 0.2) is 5.75 Å². The predicted molar refractivity (Wildman–Crippen MR) is 78.3 cm³/mol. The highest BCUT2D eigenvalue weighted by Gasteiger charge is 2.12. The maximum atomic E-state index is 11.7. The van der Waals surface area contributed by atoms with E-state index in [-0.39, 0.29) is 23.5 Å². The molecule has 5 nitrogen and oxygen atoms in total. The van der Waals surface area contributed by atoms with Gasteiger partial charge in [0, 0.05) is 0 Å². The van der Waals surface area contributed by atoms with Gasteiger partial charge in [-0.2, -0.15) is 10.5 Å². The minimum Gasteiger partial charge on any atom is -0.462 e. The van der Waals surface area contributed by atoms with Crippen LogP contribution >= 0.6 is 0 Å². The van der Waals surface area contributed by atoms with Gasteiger partial charge in [-0.05, 0) is 37.3 Å². The minimum absolute atomic E-state index is 0.175. The third-order valence-electron chi connectivity index (χ3n) is 2.82. The summed E-state index contributed by atoms with van der Waals surface area (Å²) in [4.78, 5) is 11.7. The Balaban J connectivity index is 2.37. The molecule has 0 heterocycles. The normalized spacial score (nSPS) is 9.41. The topological polar surface area (TPSA) is 83.1 Å². The summed E-state index contributed by atoms with van der Waals surface area (Å²) in [5.74, 6) is 0.0697. The monoisotopic (exact) mass is 292 g/mol. The van der Waals surface area contributed by atoms with Crippen molar-refractivity contribution >= 4 is 5.97 Å². The molecule has 0 saturated heterocycles. The van der Waals surface area contributed by atoms with Crippen LogP contribution in [0.4, 0.5) is 0 Å². The Hall–Kier alpha value is -3.31. The molecule has 0 aromatic heterocycles. The van der Waals surface area contributed by atoms with Gasteiger partial charge in [0.2, 0.25) is 0 Å². The summed E-state index contributed by atoms with van der Waals surface area (Å²) in [6, 6.07) is 15.1. The summed E-state index contributed by atoms with van der Waals surface area (Å²) in [5.41, 5.74) is 0.841. The second-order valence-corrected chi connectivity index (χ2v) is 4.26. The number of carbonyl (C=O) groups is 1. The number of rotatable bonds is 4. The van der Waals surface area contributed by atoms with E-state index in [2.05, 4.69) is 0 Å². The van der Waals surface area contributed by atoms with Crippen LogP contribution < -0.4 is 4.74 Å². The summed E-state index contributed by atoms with van der Waals surface area (Å²) < 4.78 is 10.6. The molecule has 0 aliphatic rings. The number of hydrogen-bond acceptors (Lipinski definition) is 5. The highest BCUT2D eigenvalue weighted by atomic mass is 16.5. The molecule has 0 aliphatic heterocycles. The summed E-state index contributed by atoms with van der Waals surface area (Å²) in [7, 11) is 0. The van der Waals surface area contributed by atoms with Crippen LogP contribution in [0, 0.1) is 22.7 Å². The van der Waals surface area contributed by atoms with Crippen LogP contribution in [0.25, 0.3) is 0 Å². The average molecular weight is 292 g/mol. The number of nitrogens with zero attached hydrogens (tertiary/aromatic N) is 2. The van der Waals surface area contributed by atoms with Crippen LogP contribution in [-0.4, -0.2) is 12.6 Å². The maximum absolute atomic E-state index is 11.7. The largest absolute Gasteiger partial charge is 0.462 e. The fraction of sp³-hybridized carbons (Fsp3) is 0.118. The first kappa shape index (κ1) is 15.1. The van der Waals surface area contributed by atoms with Crippen molar-refractivity contribution in [3.05, 3.63) is 59.2 Å². The highest BCUT2D eigenvalue weighted by molar-refractivity contribution is 5.89. The Bertz CT molecular complexity index is 753. The second kappa shape index (κ2) is 6.92. The first-order chi connectivity index (χ1) is 10.7. The smallest absolute Gasteiger partial charge is 0.338 e. The lowest BCUT2D eigenvalue weighted by molar-refractivity contribution is 0.0526. The third-order valence-corrected chi connectivity index (χ3v) is 2.82. The fourth-order valence-electron chi connectivity index (χ4n) is 1.84. The van der Waals surface area contributed by atoms with E-state index in [4.69, 9.17) is 20.0 Å². The number of ether oxygens (including phenoxy) is 2. The van der Waals surface area contributed by atoms with Crippen LogP contribution in [-0.2, 0) is 4.74 Å². The zero-order chi connectivity index (χ0) is 15.9.